The second-order valence-corrected chi connectivity index (χ2v) is 4.02. The summed E-state index contributed by atoms with van der Waals surface area (Å²) in [6, 6.07) is 0. The van der Waals surface area contributed by atoms with Gasteiger partial charge in [-0.1, -0.05) is 0 Å². The van der Waals surface area contributed by atoms with Gasteiger partial charge in [0.05, 0.1) is 0 Å². The van der Waals surface area contributed by atoms with E-state index in [-0.39, 0.29) is 36.2 Å². The third kappa shape index (κ3) is 32.6. The van der Waals surface area contributed by atoms with Crippen LogP contribution in [0.1, 0.15) is 6.92 Å². The minimum absolute atomic E-state index is 0. The molecule has 0 radical (unpaired) electrons. The summed E-state index contributed by atoms with van der Waals surface area (Å²) in [5, 5.41) is 21.2. The molecule has 0 aromatic carbocycles. The first-order valence-corrected chi connectivity index (χ1v) is 5.71. The van der Waals surface area contributed by atoms with Crippen molar-refractivity contribution in [3.05, 3.63) is 0 Å². The highest BCUT2D eigenvalue weighted by Gasteiger charge is 1.93. The first-order valence-electron chi connectivity index (χ1n) is 5.71. The van der Waals surface area contributed by atoms with Gasteiger partial charge in [-0.25, -0.2) is 0 Å². The molecule has 0 heterocycles. The fraction of sp³-hybridized carbons (Fsp3) is 0.500. The van der Waals surface area contributed by atoms with Crippen LogP contribution in [0, 0.1) is 10.8 Å². The summed E-state index contributed by atoms with van der Waals surface area (Å²) in [5.41, 5.74) is 20.2. The van der Waals surface area contributed by atoms with Gasteiger partial charge < -0.3 is 37.8 Å². The van der Waals surface area contributed by atoms with E-state index in [1.165, 1.54) is 4.90 Å². The number of aliphatic carboxylic acids is 1. The van der Waals surface area contributed by atoms with Crippen LogP contribution in [0.25, 0.3) is 0 Å². The summed E-state index contributed by atoms with van der Waals surface area (Å²) in [5.74, 6) is -0.910. The number of rotatable bonds is 0. The monoisotopic (exact) mass is 354 g/mol. The summed E-state index contributed by atoms with van der Waals surface area (Å²) in [6.07, 6.45) is 0. The van der Waals surface area contributed by atoms with Gasteiger partial charge in [-0.05, 0) is 0 Å². The lowest BCUT2D eigenvalue weighted by Crippen LogP contribution is -2.32. The molecule has 12 nitrogen and oxygen atoms in total. The molecular formula is C10H27ClN10O2. The lowest BCUT2D eigenvalue weighted by atomic mass is 10.8. The molecule has 0 atom stereocenters. The van der Waals surface area contributed by atoms with E-state index in [1.54, 1.807) is 33.1 Å². The molecule has 13 heteroatoms. The smallest absolute Gasteiger partial charge is 0.300 e. The molecule has 0 aliphatic rings. The topological polar surface area (TPSA) is 220 Å². The van der Waals surface area contributed by atoms with E-state index in [1.807, 2.05) is 0 Å². The number of nitrogens with one attached hydrogen (secondary N) is 2. The van der Waals surface area contributed by atoms with Crippen molar-refractivity contribution in [2.75, 3.05) is 28.2 Å². The summed E-state index contributed by atoms with van der Waals surface area (Å²) >= 11 is 0. The normalized spacial score (nSPS) is 8.65. The van der Waals surface area contributed by atoms with Crippen molar-refractivity contribution in [3.63, 3.8) is 0 Å². The molecule has 136 valence electrons. The SMILES string of the molecule is CC(=O)O.CN(C)C(=N)N=C(N)N.CN(C)C(N)=NC(=N)N.Cl. The molecule has 11 N–H and O–H groups in total. The van der Waals surface area contributed by atoms with Crippen molar-refractivity contribution in [2.45, 2.75) is 6.92 Å². The van der Waals surface area contributed by atoms with Crippen molar-refractivity contribution in [1.82, 2.24) is 9.80 Å². The third-order valence-corrected chi connectivity index (χ3v) is 1.35. The van der Waals surface area contributed by atoms with Crippen LogP contribution in [0.15, 0.2) is 9.98 Å². The number of guanidine groups is 4. The molecule has 0 saturated heterocycles. The van der Waals surface area contributed by atoms with Gasteiger partial charge in [-0.15, -0.1) is 12.4 Å². The largest absolute Gasteiger partial charge is 0.481 e. The Morgan fingerprint density at radius 2 is 1.30 bits per heavy atom. The molecule has 0 bridgehead atoms. The van der Waals surface area contributed by atoms with Gasteiger partial charge in [0.15, 0.2) is 11.9 Å². The number of aliphatic imine (C=N–C) groups is 2. The first kappa shape index (κ1) is 28.4. The molecule has 0 unspecified atom stereocenters. The molecule has 0 amide bonds. The Labute approximate surface area is 141 Å². The van der Waals surface area contributed by atoms with Crippen LogP contribution in [-0.2, 0) is 4.79 Å². The third-order valence-electron chi connectivity index (χ3n) is 1.35. The molecule has 23 heavy (non-hydrogen) atoms. The number of nitrogens with two attached hydrogens (primary N) is 4. The van der Waals surface area contributed by atoms with Gasteiger partial charge in [0.25, 0.3) is 5.97 Å². The number of hydrogen-bond acceptors (Lipinski definition) is 3. The average Bonchev–Trinajstić information content (AvgIpc) is 2.26. The second kappa shape index (κ2) is 15.6. The molecule has 0 aromatic heterocycles. The molecule has 0 aliphatic carbocycles. The highest BCUT2D eigenvalue weighted by Crippen LogP contribution is 1.78. The van der Waals surface area contributed by atoms with E-state index in [9.17, 15) is 0 Å². The zero-order valence-corrected chi connectivity index (χ0v) is 14.7. The second-order valence-electron chi connectivity index (χ2n) is 4.02. The lowest BCUT2D eigenvalue weighted by molar-refractivity contribution is -0.134. The number of carbonyl (C=O) groups is 1. The predicted molar refractivity (Wildman–Crippen MR) is 95.0 cm³/mol. The number of carboxylic acid groups (broad SMARTS) is 1. The quantitative estimate of drug-likeness (QED) is 0.190. The molecule has 0 fully saturated rings. The minimum atomic E-state index is -0.833. The Bertz CT molecular complexity index is 425. The maximum atomic E-state index is 9.00. The van der Waals surface area contributed by atoms with Gasteiger partial charge >= 0.3 is 0 Å². The summed E-state index contributed by atoms with van der Waals surface area (Å²) in [6.45, 7) is 1.08. The van der Waals surface area contributed by atoms with Crippen molar-refractivity contribution in [1.29, 1.82) is 10.8 Å². The Morgan fingerprint density at radius 3 is 1.39 bits per heavy atom. The van der Waals surface area contributed by atoms with Crippen LogP contribution in [-0.4, -0.2) is 72.9 Å². The Morgan fingerprint density at radius 1 is 0.957 bits per heavy atom. The van der Waals surface area contributed by atoms with Crippen molar-refractivity contribution in [2.24, 2.45) is 32.9 Å². The molecular weight excluding hydrogens is 328 g/mol. The highest BCUT2D eigenvalue weighted by molar-refractivity contribution is 5.91. The van der Waals surface area contributed by atoms with Gasteiger partial charge in [0, 0.05) is 35.1 Å². The fourth-order valence-electron chi connectivity index (χ4n) is 0.446. The van der Waals surface area contributed by atoms with Crippen LogP contribution >= 0.6 is 12.4 Å². The van der Waals surface area contributed by atoms with Crippen molar-refractivity contribution >= 4 is 42.2 Å². The maximum absolute atomic E-state index is 9.00. The summed E-state index contributed by atoms with van der Waals surface area (Å²) < 4.78 is 0. The van der Waals surface area contributed by atoms with Gasteiger partial charge in [-0.3, -0.25) is 15.6 Å². The van der Waals surface area contributed by atoms with E-state index in [2.05, 4.69) is 9.98 Å². The number of nitrogens with zero attached hydrogens (tertiary/aromatic N) is 4. The van der Waals surface area contributed by atoms with Crippen LogP contribution < -0.4 is 22.9 Å². The van der Waals surface area contributed by atoms with E-state index in [0.29, 0.717) is 0 Å². The van der Waals surface area contributed by atoms with Crippen molar-refractivity contribution in [3.8, 4) is 0 Å². The van der Waals surface area contributed by atoms with Gasteiger partial charge in [0.2, 0.25) is 11.9 Å². The van der Waals surface area contributed by atoms with Gasteiger partial charge in [-0.2, -0.15) is 9.98 Å². The fourth-order valence-corrected chi connectivity index (χ4v) is 0.446. The van der Waals surface area contributed by atoms with Crippen LogP contribution in [0.5, 0.6) is 0 Å². The standard InChI is InChI=1S/2C4H11N5.C2H4O2.ClH/c2*1-9(2)4(7)8-3(5)6;1-2(3)4;/h2*1-2H3,(H5,5,6,7,8);1H3,(H,3,4);1H. The first-order chi connectivity index (χ1) is 9.81. The number of hydrogen-bond donors (Lipinski definition) is 7. The molecule has 0 spiro atoms. The Kier molecular flexibility index (Phi) is 19.3. The van der Waals surface area contributed by atoms with E-state index in [4.69, 9.17) is 43.7 Å². The van der Waals surface area contributed by atoms with Crippen molar-refractivity contribution < 1.29 is 9.90 Å². The Balaban J connectivity index is -0.000000124. The summed E-state index contributed by atoms with van der Waals surface area (Å²) in [4.78, 5) is 19.0. The van der Waals surface area contributed by atoms with E-state index >= 15 is 0 Å². The predicted octanol–water partition coefficient (Wildman–Crippen LogP) is -1.97. The highest BCUT2D eigenvalue weighted by atomic mass is 35.5. The molecule has 0 aliphatic heterocycles. The van der Waals surface area contributed by atoms with Crippen LogP contribution in [0.2, 0.25) is 0 Å². The maximum Gasteiger partial charge on any atom is 0.300 e. The van der Waals surface area contributed by atoms with E-state index < -0.39 is 5.97 Å². The van der Waals surface area contributed by atoms with Crippen LogP contribution in [0.4, 0.5) is 0 Å². The van der Waals surface area contributed by atoms with Gasteiger partial charge in [0.1, 0.15) is 0 Å². The zero-order chi connectivity index (χ0) is 18.5. The summed E-state index contributed by atoms with van der Waals surface area (Å²) in [7, 11) is 6.83. The Hall–Kier alpha value is -2.76. The molecule has 0 aromatic rings. The zero-order valence-electron chi connectivity index (χ0n) is 13.9. The number of carboxylic acids is 1. The lowest BCUT2D eigenvalue weighted by Gasteiger charge is -2.08. The average molecular weight is 355 g/mol. The molecule has 0 saturated carbocycles. The number of halogens is 1. The molecule has 0 rings (SSSR count). The van der Waals surface area contributed by atoms with E-state index in [0.717, 1.165) is 6.92 Å². The van der Waals surface area contributed by atoms with Crippen LogP contribution in [0.3, 0.4) is 0 Å². The minimum Gasteiger partial charge on any atom is -0.481 e.